The number of pyridine rings is 1. The SMILES string of the molecule is CCc1ccc(N2C(=S)N[C@H](c3ccccn3)[C@@H]2c2ccn(C3CCCC3)c2)cc1. The van der Waals surface area contributed by atoms with E-state index >= 15 is 0 Å². The number of aryl methyl sites for hydroxylation is 1. The first kappa shape index (κ1) is 19.3. The van der Waals surface area contributed by atoms with E-state index in [2.05, 4.69) is 75.5 Å². The van der Waals surface area contributed by atoms with Crippen molar-refractivity contribution in [1.82, 2.24) is 14.9 Å². The minimum absolute atomic E-state index is 0.0176. The Morgan fingerprint density at radius 3 is 2.57 bits per heavy atom. The fourth-order valence-electron chi connectivity index (χ4n) is 4.90. The summed E-state index contributed by atoms with van der Waals surface area (Å²) in [6.45, 7) is 2.18. The zero-order chi connectivity index (χ0) is 20.5. The van der Waals surface area contributed by atoms with Gasteiger partial charge in [-0.25, -0.2) is 0 Å². The molecular formula is C25H28N4S. The van der Waals surface area contributed by atoms with E-state index in [9.17, 15) is 0 Å². The molecule has 0 spiro atoms. The molecular weight excluding hydrogens is 388 g/mol. The smallest absolute Gasteiger partial charge is 0.174 e. The van der Waals surface area contributed by atoms with E-state index < -0.39 is 0 Å². The zero-order valence-corrected chi connectivity index (χ0v) is 18.2. The highest BCUT2D eigenvalue weighted by Gasteiger charge is 2.41. The first-order chi connectivity index (χ1) is 14.7. The normalized spacial score (nSPS) is 21.9. The fourth-order valence-corrected chi connectivity index (χ4v) is 5.24. The number of hydrogen-bond acceptors (Lipinski definition) is 2. The minimum atomic E-state index is 0.0176. The van der Waals surface area contributed by atoms with Gasteiger partial charge in [0.05, 0.1) is 17.8 Å². The maximum atomic E-state index is 5.83. The molecule has 2 fully saturated rings. The first-order valence-electron chi connectivity index (χ1n) is 11.0. The van der Waals surface area contributed by atoms with Crippen LogP contribution in [0.3, 0.4) is 0 Å². The van der Waals surface area contributed by atoms with Gasteiger partial charge in [0, 0.05) is 30.3 Å². The topological polar surface area (TPSA) is 33.1 Å². The summed E-state index contributed by atoms with van der Waals surface area (Å²) in [6, 6.07) is 17.9. The molecule has 2 aliphatic rings. The Balaban J connectivity index is 1.55. The van der Waals surface area contributed by atoms with Crippen molar-refractivity contribution in [2.24, 2.45) is 0 Å². The highest BCUT2D eigenvalue weighted by atomic mass is 32.1. The van der Waals surface area contributed by atoms with Gasteiger partial charge < -0.3 is 14.8 Å². The third kappa shape index (κ3) is 3.52. The van der Waals surface area contributed by atoms with Crippen LogP contribution < -0.4 is 10.2 Å². The quantitative estimate of drug-likeness (QED) is 0.538. The molecule has 1 saturated carbocycles. The molecule has 5 heteroatoms. The molecule has 0 bridgehead atoms. The second-order valence-electron chi connectivity index (χ2n) is 8.35. The summed E-state index contributed by atoms with van der Waals surface area (Å²) in [5.41, 5.74) is 4.76. The van der Waals surface area contributed by atoms with Crippen LogP contribution in [0.5, 0.6) is 0 Å². The molecule has 2 atom stereocenters. The first-order valence-corrected chi connectivity index (χ1v) is 11.4. The zero-order valence-electron chi connectivity index (χ0n) is 17.4. The standard InChI is InChI=1S/C25H28N4S/c1-2-18-10-12-21(13-11-18)29-24(19-14-16-28(17-19)20-7-3-4-8-20)23(27-25(29)30)22-9-5-6-15-26-22/h5-6,9-17,20,23-24H,2-4,7-8H2,1H3,(H,27,30)/t23-,24+/m1/s1. The van der Waals surface area contributed by atoms with Crippen LogP contribution in [0.2, 0.25) is 0 Å². The van der Waals surface area contributed by atoms with Crippen molar-refractivity contribution < 1.29 is 0 Å². The van der Waals surface area contributed by atoms with Crippen LogP contribution in [0.25, 0.3) is 0 Å². The van der Waals surface area contributed by atoms with E-state index in [1.807, 2.05) is 18.3 Å². The summed E-state index contributed by atoms with van der Waals surface area (Å²) in [4.78, 5) is 6.92. The molecule has 1 saturated heterocycles. The van der Waals surface area contributed by atoms with E-state index in [1.165, 1.54) is 36.8 Å². The van der Waals surface area contributed by atoms with Crippen molar-refractivity contribution in [2.45, 2.75) is 57.2 Å². The van der Waals surface area contributed by atoms with Crippen LogP contribution in [0, 0.1) is 0 Å². The van der Waals surface area contributed by atoms with Crippen LogP contribution in [0.15, 0.2) is 67.1 Å². The number of hydrogen-bond donors (Lipinski definition) is 1. The van der Waals surface area contributed by atoms with Gasteiger partial charge in [0.1, 0.15) is 0 Å². The summed E-state index contributed by atoms with van der Waals surface area (Å²) in [5, 5.41) is 4.32. The lowest BCUT2D eigenvalue weighted by Crippen LogP contribution is -2.29. The molecule has 1 aliphatic carbocycles. The largest absolute Gasteiger partial charge is 0.351 e. The predicted molar refractivity (Wildman–Crippen MR) is 126 cm³/mol. The molecule has 1 aliphatic heterocycles. The van der Waals surface area contributed by atoms with Gasteiger partial charge >= 0.3 is 0 Å². The molecule has 0 radical (unpaired) electrons. The molecule has 1 aromatic carbocycles. The van der Waals surface area contributed by atoms with Gasteiger partial charge in [-0.05, 0) is 72.9 Å². The molecule has 30 heavy (non-hydrogen) atoms. The maximum absolute atomic E-state index is 5.83. The Hall–Kier alpha value is -2.66. The summed E-state index contributed by atoms with van der Waals surface area (Å²) in [7, 11) is 0. The van der Waals surface area contributed by atoms with Crippen LogP contribution in [0.1, 0.15) is 67.6 Å². The van der Waals surface area contributed by atoms with Crippen LogP contribution in [-0.2, 0) is 6.42 Å². The second kappa shape index (κ2) is 8.23. The number of nitrogens with one attached hydrogen (secondary N) is 1. The van der Waals surface area contributed by atoms with Crippen molar-refractivity contribution in [1.29, 1.82) is 0 Å². The van der Waals surface area contributed by atoms with E-state index in [4.69, 9.17) is 12.2 Å². The lowest BCUT2D eigenvalue weighted by molar-refractivity contribution is 0.515. The highest BCUT2D eigenvalue weighted by Crippen LogP contribution is 2.42. The number of thiocarbonyl (C=S) groups is 1. The fraction of sp³-hybridized carbons (Fsp3) is 0.360. The Labute approximate surface area is 183 Å². The summed E-state index contributed by atoms with van der Waals surface area (Å²) in [5.74, 6) is 0. The molecule has 0 unspecified atom stereocenters. The lowest BCUT2D eigenvalue weighted by atomic mass is 9.98. The predicted octanol–water partition coefficient (Wildman–Crippen LogP) is 5.74. The molecule has 5 rings (SSSR count). The highest BCUT2D eigenvalue weighted by molar-refractivity contribution is 7.80. The van der Waals surface area contributed by atoms with E-state index in [-0.39, 0.29) is 12.1 Å². The van der Waals surface area contributed by atoms with Gasteiger partial charge in [0.2, 0.25) is 0 Å². The Morgan fingerprint density at radius 1 is 1.07 bits per heavy atom. The Morgan fingerprint density at radius 2 is 1.87 bits per heavy atom. The van der Waals surface area contributed by atoms with Gasteiger partial charge in [-0.2, -0.15) is 0 Å². The van der Waals surface area contributed by atoms with Gasteiger partial charge in [-0.3, -0.25) is 4.98 Å². The third-order valence-corrected chi connectivity index (χ3v) is 6.86. The van der Waals surface area contributed by atoms with Gasteiger partial charge in [0.15, 0.2) is 5.11 Å². The number of nitrogens with zero attached hydrogens (tertiary/aromatic N) is 3. The van der Waals surface area contributed by atoms with Crippen molar-refractivity contribution >= 4 is 23.0 Å². The monoisotopic (exact) mass is 416 g/mol. The van der Waals surface area contributed by atoms with E-state index in [1.54, 1.807) is 0 Å². The van der Waals surface area contributed by atoms with E-state index in [0.717, 1.165) is 22.9 Å². The Bertz CT molecular complexity index is 1010. The molecule has 2 aromatic heterocycles. The molecule has 0 amide bonds. The maximum Gasteiger partial charge on any atom is 0.174 e. The van der Waals surface area contributed by atoms with Crippen molar-refractivity contribution in [3.05, 3.63) is 83.9 Å². The number of rotatable bonds is 5. The molecule has 4 nitrogen and oxygen atoms in total. The van der Waals surface area contributed by atoms with Crippen LogP contribution >= 0.6 is 12.2 Å². The lowest BCUT2D eigenvalue weighted by Gasteiger charge is -2.27. The van der Waals surface area contributed by atoms with Crippen molar-refractivity contribution in [3.8, 4) is 0 Å². The molecule has 1 N–H and O–H groups in total. The number of benzene rings is 1. The average Bonchev–Trinajstić information content (AvgIpc) is 3.54. The van der Waals surface area contributed by atoms with Crippen molar-refractivity contribution in [3.63, 3.8) is 0 Å². The summed E-state index contributed by atoms with van der Waals surface area (Å²) < 4.78 is 2.41. The average molecular weight is 417 g/mol. The van der Waals surface area contributed by atoms with Crippen LogP contribution in [0.4, 0.5) is 5.69 Å². The molecule has 3 heterocycles. The number of aromatic nitrogens is 2. The van der Waals surface area contributed by atoms with Gasteiger partial charge in [0.25, 0.3) is 0 Å². The van der Waals surface area contributed by atoms with E-state index in [0.29, 0.717) is 6.04 Å². The molecule has 154 valence electrons. The second-order valence-corrected chi connectivity index (χ2v) is 8.73. The summed E-state index contributed by atoms with van der Waals surface area (Å²) >= 11 is 5.83. The van der Waals surface area contributed by atoms with Crippen LogP contribution in [-0.4, -0.2) is 14.7 Å². The molecule has 3 aromatic rings. The third-order valence-electron chi connectivity index (χ3n) is 6.55. The minimum Gasteiger partial charge on any atom is -0.351 e. The van der Waals surface area contributed by atoms with Gasteiger partial charge in [-0.15, -0.1) is 0 Å². The van der Waals surface area contributed by atoms with Crippen molar-refractivity contribution in [2.75, 3.05) is 4.90 Å². The summed E-state index contributed by atoms with van der Waals surface area (Å²) in [6.07, 6.45) is 12.7. The van der Waals surface area contributed by atoms with Gasteiger partial charge in [-0.1, -0.05) is 38.0 Å². The number of anilines is 1. The Kier molecular flexibility index (Phi) is 5.30.